The van der Waals surface area contributed by atoms with Crippen molar-refractivity contribution in [3.05, 3.63) is 321 Å². The summed E-state index contributed by atoms with van der Waals surface area (Å²) in [6.07, 6.45) is 3.25. The molecule has 1 fully saturated rings. The van der Waals surface area contributed by atoms with Crippen LogP contribution in [-0.2, 0) is 9.31 Å². The molecule has 8 nitrogen and oxygen atoms in total. The van der Waals surface area contributed by atoms with Crippen LogP contribution in [0.1, 0.15) is 27.7 Å². The van der Waals surface area contributed by atoms with Gasteiger partial charge in [-0.1, -0.05) is 254 Å². The van der Waals surface area contributed by atoms with E-state index in [2.05, 4.69) is 323 Å². The van der Waals surface area contributed by atoms with Crippen LogP contribution in [0.15, 0.2) is 325 Å². The van der Waals surface area contributed by atoms with Gasteiger partial charge in [0, 0.05) is 67.3 Å². The van der Waals surface area contributed by atoms with Gasteiger partial charge >= 0.3 is 7.12 Å². The lowest BCUT2D eigenvalue weighted by molar-refractivity contribution is 0.00578. The number of nitrogens with zero attached hydrogens (tertiary/aromatic N) is 4. The highest BCUT2D eigenvalue weighted by atomic mass is 35.5. The van der Waals surface area contributed by atoms with Crippen molar-refractivity contribution in [2.24, 2.45) is 0 Å². The molecule has 22 aromatic rings. The summed E-state index contributed by atoms with van der Waals surface area (Å²) in [5.74, 6) is 0. The number of hydrogen-bond acceptors (Lipinski definition) is 10. The summed E-state index contributed by atoms with van der Waals surface area (Å²) < 4.78 is 30.4. The van der Waals surface area contributed by atoms with Crippen LogP contribution in [0.4, 0.5) is 0 Å². The third-order valence-corrected chi connectivity index (χ3v) is 25.2. The number of aromatic nitrogens is 4. The van der Waals surface area contributed by atoms with E-state index in [1.165, 1.54) is 116 Å². The van der Waals surface area contributed by atoms with Gasteiger partial charge in [0.05, 0.1) is 11.2 Å². The maximum atomic E-state index is 6.54. The Hall–Kier alpha value is -12.4. The molecule has 0 saturated carbocycles. The van der Waals surface area contributed by atoms with E-state index in [9.17, 15) is 0 Å². The summed E-state index contributed by atoms with van der Waals surface area (Å²) in [5.41, 5.74) is 15.5. The molecule has 0 amide bonds. The van der Waals surface area contributed by atoms with Gasteiger partial charge in [-0.25, -0.2) is 19.9 Å². The van der Waals surface area contributed by atoms with Crippen molar-refractivity contribution >= 4 is 196 Å². The number of furan rings is 2. The zero-order valence-corrected chi connectivity index (χ0v) is 62.6. The van der Waals surface area contributed by atoms with Crippen LogP contribution >= 0.6 is 34.3 Å². The Balaban J connectivity index is 0.000000111. The molecule has 23 rings (SSSR count). The third-order valence-electron chi connectivity index (χ3n) is 22.5. The molecule has 12 heteroatoms. The van der Waals surface area contributed by atoms with Gasteiger partial charge in [-0.05, 0) is 192 Å². The van der Waals surface area contributed by atoms with Gasteiger partial charge in [-0.15, -0.1) is 22.7 Å². The van der Waals surface area contributed by atoms with Gasteiger partial charge in [0.15, 0.2) is 11.2 Å². The summed E-state index contributed by atoms with van der Waals surface area (Å²) in [4.78, 5) is 18.6. The largest absolute Gasteiger partial charge is 0.494 e. The normalized spacial score (nSPS) is 13.6. The van der Waals surface area contributed by atoms with Gasteiger partial charge in [0.2, 0.25) is 0 Å². The molecule has 16 aromatic carbocycles. The first-order chi connectivity index (χ1) is 53.9. The van der Waals surface area contributed by atoms with Crippen molar-refractivity contribution in [3.63, 3.8) is 0 Å². The SMILES string of the molecule is CC1(C)OB(c2ccc3c4ccccc4c4ccccc4c3c2)OC1(C)C.Clc1ccc2oc3c(-c4cccc(-c5cccc6c5sc5ccccc56)c4)ncnc3c2c1.c1cc(-c2ncnc3c2oc2ccc(-c4ccc5c6ccccc6c6ccccc6c5c4)cc23)cc(-c2cccc3c2sc2ccccc23)c1. The van der Waals surface area contributed by atoms with Gasteiger partial charge in [0.1, 0.15) is 46.2 Å². The lowest BCUT2D eigenvalue weighted by Gasteiger charge is -2.32. The molecule has 0 unspecified atom stereocenters. The van der Waals surface area contributed by atoms with Crippen molar-refractivity contribution < 1.29 is 18.1 Å². The fourth-order valence-electron chi connectivity index (χ4n) is 16.5. The van der Waals surface area contributed by atoms with Crippen molar-refractivity contribution in [2.75, 3.05) is 0 Å². The molecule has 0 atom stereocenters. The Bertz CT molecular complexity index is 7480. The molecule has 1 aliphatic rings. The molecule has 110 heavy (non-hydrogen) atoms. The highest BCUT2D eigenvalue weighted by Crippen LogP contribution is 2.47. The molecule has 7 heterocycles. The summed E-state index contributed by atoms with van der Waals surface area (Å²) >= 11 is 9.90. The van der Waals surface area contributed by atoms with E-state index in [1.807, 2.05) is 40.9 Å². The number of thiophene rings is 2. The zero-order valence-electron chi connectivity index (χ0n) is 60.2. The molecule has 1 aliphatic heterocycles. The van der Waals surface area contributed by atoms with E-state index in [-0.39, 0.29) is 18.3 Å². The van der Waals surface area contributed by atoms with Crippen LogP contribution in [0.2, 0.25) is 5.02 Å². The first-order valence-corrected chi connectivity index (χ1v) is 39.0. The molecule has 0 radical (unpaired) electrons. The smallest absolute Gasteiger partial charge is 0.452 e. The zero-order chi connectivity index (χ0) is 73.5. The molecule has 0 N–H and O–H groups in total. The molecule has 0 aliphatic carbocycles. The van der Waals surface area contributed by atoms with Crippen molar-refractivity contribution in [1.82, 2.24) is 19.9 Å². The molecule has 6 aromatic heterocycles. The van der Waals surface area contributed by atoms with Crippen LogP contribution in [0.3, 0.4) is 0 Å². The highest BCUT2D eigenvalue weighted by molar-refractivity contribution is 7.26. The van der Waals surface area contributed by atoms with Crippen molar-refractivity contribution in [3.8, 4) is 55.9 Å². The maximum absolute atomic E-state index is 6.54. The second kappa shape index (κ2) is 25.9. The Kier molecular flexibility index (Phi) is 15.5. The van der Waals surface area contributed by atoms with Gasteiger partial charge in [0.25, 0.3) is 0 Å². The van der Waals surface area contributed by atoms with E-state index in [4.69, 9.17) is 39.7 Å². The fourth-order valence-corrected chi connectivity index (χ4v) is 19.1. The second-order valence-electron chi connectivity index (χ2n) is 29.4. The quantitative estimate of drug-likeness (QED) is 0.120. The van der Waals surface area contributed by atoms with Crippen LogP contribution in [0, 0.1) is 0 Å². The monoisotopic (exact) mass is 1470 g/mol. The lowest BCUT2D eigenvalue weighted by atomic mass is 9.77. The predicted octanol–water partition coefficient (Wildman–Crippen LogP) is 27.4. The molecule has 1 saturated heterocycles. The first kappa shape index (κ1) is 65.8. The Labute approximate surface area is 645 Å². The molecule has 522 valence electrons. The van der Waals surface area contributed by atoms with Gasteiger partial charge in [-0.2, -0.15) is 0 Å². The summed E-state index contributed by atoms with van der Waals surface area (Å²) in [6.45, 7) is 8.38. The van der Waals surface area contributed by atoms with Crippen molar-refractivity contribution in [2.45, 2.75) is 38.9 Å². The van der Waals surface area contributed by atoms with E-state index >= 15 is 0 Å². The first-order valence-electron chi connectivity index (χ1n) is 37.0. The number of rotatable bonds is 6. The average molecular weight is 1470 g/mol. The van der Waals surface area contributed by atoms with E-state index in [0.717, 1.165) is 83.2 Å². The minimum atomic E-state index is -0.343. The number of hydrogen-bond donors (Lipinski definition) is 0. The standard InChI is InChI=1S/C46H26N2OS.C28H15ClN2OS.C24H23BO2/c1-2-13-34-32(11-1)33-12-3-4-14-35(33)39-24-27(19-21-36(34)39)28-20-22-41-40(25-28)44-45(49-41)43(47-26-48-44)30-10-7-9-29(23-30)31-16-8-17-38-37-15-5-6-18-42(37)50-46(31)38;29-18-11-12-23-22(14-18)26-27(32-23)25(30-15-31-26)17-6-3-5-16(13-17)19-8-4-9-21-20-7-1-2-10-24(20)33-28(19)21;1-23(2)24(3,4)27-25(26-23)16-13-14-21-19-11-6-5-9-17(19)18-10-7-8-12-20(18)22(21)15-16/h1-26H;1-15H;5-15H,1-4H3. The van der Waals surface area contributed by atoms with Crippen LogP contribution in [0.25, 0.3) is 205 Å². The number of halogens is 1. The minimum absolute atomic E-state index is 0.335. The Morgan fingerprint density at radius 1 is 0.291 bits per heavy atom. The molecular formula is C98H64BClN4O4S2. The van der Waals surface area contributed by atoms with E-state index in [1.54, 1.807) is 12.7 Å². The molecular weight excluding hydrogens is 1410 g/mol. The Morgan fingerprint density at radius 2 is 0.655 bits per heavy atom. The van der Waals surface area contributed by atoms with Crippen LogP contribution in [-0.4, -0.2) is 38.3 Å². The van der Waals surface area contributed by atoms with Crippen molar-refractivity contribution in [1.29, 1.82) is 0 Å². The topological polar surface area (TPSA) is 96.3 Å². The van der Waals surface area contributed by atoms with E-state index < -0.39 is 0 Å². The van der Waals surface area contributed by atoms with Gasteiger partial charge in [-0.3, -0.25) is 0 Å². The highest BCUT2D eigenvalue weighted by Gasteiger charge is 2.51. The van der Waals surface area contributed by atoms with Crippen LogP contribution in [0.5, 0.6) is 0 Å². The summed E-state index contributed by atoms with van der Waals surface area (Å²) in [6, 6.07) is 108. The van der Waals surface area contributed by atoms with Gasteiger partial charge < -0.3 is 18.1 Å². The third kappa shape index (κ3) is 10.9. The Morgan fingerprint density at radius 3 is 1.14 bits per heavy atom. The molecule has 0 bridgehead atoms. The fraction of sp³-hybridized carbons (Fsp3) is 0.0612. The second-order valence-corrected chi connectivity index (χ2v) is 32.0. The van der Waals surface area contributed by atoms with E-state index in [0.29, 0.717) is 16.2 Å². The average Bonchev–Trinajstić information content (AvgIpc) is 0.856. The predicted molar refractivity (Wildman–Crippen MR) is 464 cm³/mol. The lowest BCUT2D eigenvalue weighted by Crippen LogP contribution is -2.41. The van der Waals surface area contributed by atoms with Crippen LogP contribution < -0.4 is 5.46 Å². The summed E-state index contributed by atoms with van der Waals surface area (Å²) in [5, 5.41) is 23.0. The number of benzene rings is 16. The summed E-state index contributed by atoms with van der Waals surface area (Å²) in [7, 11) is -0.343. The maximum Gasteiger partial charge on any atom is 0.494 e. The minimum Gasteiger partial charge on any atom is -0.452 e. The number of fused-ring (bicyclic) bond motifs is 24. The molecule has 0 spiro atoms.